The predicted molar refractivity (Wildman–Crippen MR) is 113 cm³/mol. The molecule has 7 heteroatoms. The Kier molecular flexibility index (Phi) is 6.24. The van der Waals surface area contributed by atoms with Crippen LogP contribution in [0.15, 0.2) is 35.7 Å². The molecule has 28 heavy (non-hydrogen) atoms. The van der Waals surface area contributed by atoms with Gasteiger partial charge in [0.05, 0.1) is 18.9 Å². The molecule has 2 aliphatic rings. The third kappa shape index (κ3) is 4.54. The summed E-state index contributed by atoms with van der Waals surface area (Å²) in [6.45, 7) is 4.16. The summed E-state index contributed by atoms with van der Waals surface area (Å²) in [5.41, 5.74) is 2.01. The minimum atomic E-state index is -0.174. The molecular formula is C21H28N4O2S. The summed E-state index contributed by atoms with van der Waals surface area (Å²) in [5, 5.41) is 8.63. The number of benzene rings is 1. The highest BCUT2D eigenvalue weighted by molar-refractivity contribution is 7.14. The lowest BCUT2D eigenvalue weighted by atomic mass is 9.80. The number of amides is 2. The molecule has 0 spiro atoms. The van der Waals surface area contributed by atoms with Crippen molar-refractivity contribution < 1.29 is 9.53 Å². The van der Waals surface area contributed by atoms with Gasteiger partial charge < -0.3 is 10.1 Å². The highest BCUT2D eigenvalue weighted by Crippen LogP contribution is 2.34. The highest BCUT2D eigenvalue weighted by Gasteiger charge is 2.38. The second-order valence-corrected chi connectivity index (χ2v) is 8.45. The minimum Gasteiger partial charge on any atom is -0.379 e. The Balaban J connectivity index is 1.35. The van der Waals surface area contributed by atoms with Crippen LogP contribution in [0.3, 0.4) is 0 Å². The number of nitrogens with one attached hydrogen (secondary N) is 2. The summed E-state index contributed by atoms with van der Waals surface area (Å²) >= 11 is 1.45. The molecule has 2 aromatic rings. The van der Waals surface area contributed by atoms with Gasteiger partial charge in [-0.25, -0.2) is 9.78 Å². The largest absolute Gasteiger partial charge is 0.379 e. The van der Waals surface area contributed by atoms with Crippen LogP contribution in [0.4, 0.5) is 9.93 Å². The molecule has 2 amide bonds. The SMILES string of the molecule is O=C(NCC1(N2CCOCC2)CCCCC1)Nc1nc(-c2ccccc2)cs1. The van der Waals surface area contributed by atoms with Crippen molar-refractivity contribution in [2.45, 2.75) is 37.6 Å². The molecule has 150 valence electrons. The lowest BCUT2D eigenvalue weighted by Gasteiger charge is -2.48. The van der Waals surface area contributed by atoms with Gasteiger partial charge in [-0.2, -0.15) is 0 Å². The van der Waals surface area contributed by atoms with Crippen LogP contribution in [0.5, 0.6) is 0 Å². The van der Waals surface area contributed by atoms with E-state index in [2.05, 4.69) is 20.5 Å². The van der Waals surface area contributed by atoms with E-state index < -0.39 is 0 Å². The summed E-state index contributed by atoms with van der Waals surface area (Å²) in [4.78, 5) is 19.6. The fraction of sp³-hybridized carbons (Fsp3) is 0.524. The van der Waals surface area contributed by atoms with E-state index in [9.17, 15) is 4.79 Å². The van der Waals surface area contributed by atoms with Crippen LogP contribution in [0, 0.1) is 0 Å². The maximum atomic E-state index is 12.5. The topological polar surface area (TPSA) is 66.5 Å². The number of ether oxygens (including phenoxy) is 1. The zero-order valence-corrected chi connectivity index (χ0v) is 17.0. The molecule has 2 fully saturated rings. The van der Waals surface area contributed by atoms with Crippen LogP contribution in [0.2, 0.25) is 0 Å². The van der Waals surface area contributed by atoms with Gasteiger partial charge in [-0.05, 0) is 12.8 Å². The number of carbonyl (C=O) groups is 1. The van der Waals surface area contributed by atoms with Crippen LogP contribution < -0.4 is 10.6 Å². The van der Waals surface area contributed by atoms with Gasteiger partial charge in [-0.1, -0.05) is 49.6 Å². The van der Waals surface area contributed by atoms with Gasteiger partial charge >= 0.3 is 6.03 Å². The molecule has 1 aromatic carbocycles. The predicted octanol–water partition coefficient (Wildman–Crippen LogP) is 3.97. The zero-order valence-electron chi connectivity index (χ0n) is 16.2. The van der Waals surface area contributed by atoms with Crippen LogP contribution in [0.25, 0.3) is 11.3 Å². The standard InChI is InChI=1S/C21H28N4O2S/c26-19(24-20-23-18(15-28-20)17-7-3-1-4-8-17)22-16-21(9-5-2-6-10-21)25-11-13-27-14-12-25/h1,3-4,7-8,15H,2,5-6,9-14,16H2,(H2,22,23,24,26). The summed E-state index contributed by atoms with van der Waals surface area (Å²) in [5.74, 6) is 0. The van der Waals surface area contributed by atoms with Gasteiger partial charge in [0.2, 0.25) is 0 Å². The van der Waals surface area contributed by atoms with E-state index in [1.165, 1.54) is 30.6 Å². The van der Waals surface area contributed by atoms with Gasteiger partial charge in [0.1, 0.15) is 0 Å². The smallest absolute Gasteiger partial charge is 0.321 e. The van der Waals surface area contributed by atoms with Crippen molar-refractivity contribution in [2.24, 2.45) is 0 Å². The molecule has 1 aromatic heterocycles. The highest BCUT2D eigenvalue weighted by atomic mass is 32.1. The van der Waals surface area contributed by atoms with Crippen molar-refractivity contribution in [1.29, 1.82) is 0 Å². The van der Waals surface area contributed by atoms with Crippen LogP contribution >= 0.6 is 11.3 Å². The monoisotopic (exact) mass is 400 g/mol. The Bertz CT molecular complexity index is 768. The van der Waals surface area contributed by atoms with Gasteiger partial charge in [0.25, 0.3) is 0 Å². The summed E-state index contributed by atoms with van der Waals surface area (Å²) in [6.07, 6.45) is 6.03. The van der Waals surface area contributed by atoms with E-state index in [0.717, 1.165) is 50.4 Å². The molecule has 1 aliphatic carbocycles. The molecule has 4 rings (SSSR count). The Labute approximate surface area is 170 Å². The number of hydrogen-bond donors (Lipinski definition) is 2. The fourth-order valence-electron chi connectivity index (χ4n) is 4.31. The third-order valence-corrected chi connectivity index (χ3v) is 6.60. The number of carbonyl (C=O) groups excluding carboxylic acids is 1. The van der Waals surface area contributed by atoms with Gasteiger partial charge in [0, 0.05) is 36.1 Å². The Morgan fingerprint density at radius 2 is 1.89 bits per heavy atom. The first-order valence-corrected chi connectivity index (χ1v) is 11.0. The molecule has 2 heterocycles. The number of urea groups is 1. The number of anilines is 1. The maximum absolute atomic E-state index is 12.5. The zero-order chi connectivity index (χ0) is 19.2. The molecule has 0 radical (unpaired) electrons. The van der Waals surface area contributed by atoms with Crippen molar-refractivity contribution in [2.75, 3.05) is 38.2 Å². The van der Waals surface area contributed by atoms with Crippen molar-refractivity contribution in [1.82, 2.24) is 15.2 Å². The number of rotatable bonds is 5. The Hall–Kier alpha value is -1.96. The van der Waals surface area contributed by atoms with E-state index in [1.807, 2.05) is 35.7 Å². The molecule has 0 bridgehead atoms. The molecule has 1 saturated heterocycles. The van der Waals surface area contributed by atoms with Gasteiger partial charge in [-0.15, -0.1) is 11.3 Å². The van der Waals surface area contributed by atoms with E-state index in [-0.39, 0.29) is 11.6 Å². The van der Waals surface area contributed by atoms with Crippen LogP contribution in [-0.2, 0) is 4.74 Å². The molecule has 1 saturated carbocycles. The van der Waals surface area contributed by atoms with Crippen molar-refractivity contribution in [3.8, 4) is 11.3 Å². The first kappa shape index (κ1) is 19.4. The lowest BCUT2D eigenvalue weighted by Crippen LogP contribution is -2.60. The average molecular weight is 401 g/mol. The van der Waals surface area contributed by atoms with Crippen LogP contribution in [-0.4, -0.2) is 54.3 Å². The van der Waals surface area contributed by atoms with Crippen molar-refractivity contribution in [3.05, 3.63) is 35.7 Å². The fourth-order valence-corrected chi connectivity index (χ4v) is 5.03. The average Bonchev–Trinajstić information content (AvgIpc) is 3.23. The summed E-state index contributed by atoms with van der Waals surface area (Å²) in [7, 11) is 0. The van der Waals surface area contributed by atoms with E-state index >= 15 is 0 Å². The molecule has 0 atom stereocenters. The Morgan fingerprint density at radius 1 is 1.14 bits per heavy atom. The maximum Gasteiger partial charge on any atom is 0.321 e. The van der Waals surface area contributed by atoms with E-state index in [0.29, 0.717) is 11.7 Å². The number of thiazole rings is 1. The van der Waals surface area contributed by atoms with Crippen LogP contribution in [0.1, 0.15) is 32.1 Å². The molecule has 2 N–H and O–H groups in total. The molecule has 1 aliphatic heterocycles. The number of nitrogens with zero attached hydrogens (tertiary/aromatic N) is 2. The molecular weight excluding hydrogens is 372 g/mol. The number of aromatic nitrogens is 1. The third-order valence-electron chi connectivity index (χ3n) is 5.84. The van der Waals surface area contributed by atoms with Gasteiger partial charge in [0.15, 0.2) is 5.13 Å². The van der Waals surface area contributed by atoms with E-state index in [4.69, 9.17) is 4.74 Å². The normalized spacial score (nSPS) is 19.9. The summed E-state index contributed by atoms with van der Waals surface area (Å²) < 4.78 is 5.53. The first-order valence-electron chi connectivity index (χ1n) is 10.1. The Morgan fingerprint density at radius 3 is 2.64 bits per heavy atom. The molecule has 0 unspecified atom stereocenters. The number of morpholine rings is 1. The quantitative estimate of drug-likeness (QED) is 0.797. The minimum absolute atomic E-state index is 0.0669. The summed E-state index contributed by atoms with van der Waals surface area (Å²) in [6, 6.07) is 9.83. The van der Waals surface area contributed by atoms with Crippen molar-refractivity contribution in [3.63, 3.8) is 0 Å². The number of hydrogen-bond acceptors (Lipinski definition) is 5. The second kappa shape index (κ2) is 9.03. The van der Waals surface area contributed by atoms with E-state index in [1.54, 1.807) is 0 Å². The lowest BCUT2D eigenvalue weighted by molar-refractivity contribution is -0.0356. The first-order chi connectivity index (χ1) is 13.8. The van der Waals surface area contributed by atoms with Gasteiger partial charge in [-0.3, -0.25) is 10.2 Å². The second-order valence-electron chi connectivity index (χ2n) is 7.60. The van der Waals surface area contributed by atoms with Crippen molar-refractivity contribution >= 4 is 22.5 Å². The molecule has 6 nitrogen and oxygen atoms in total.